The van der Waals surface area contributed by atoms with Gasteiger partial charge in [-0.1, -0.05) is 23.7 Å². The van der Waals surface area contributed by atoms with Crippen molar-refractivity contribution in [2.45, 2.75) is 0 Å². The summed E-state index contributed by atoms with van der Waals surface area (Å²) in [4.78, 5) is 20.7. The molecule has 4 aromatic rings. The first kappa shape index (κ1) is 18.8. The number of methoxy groups -OCH3 is 2. The molecule has 0 bridgehead atoms. The van der Waals surface area contributed by atoms with Crippen LogP contribution in [0.2, 0.25) is 5.02 Å². The zero-order valence-electron chi connectivity index (χ0n) is 15.8. The van der Waals surface area contributed by atoms with Gasteiger partial charge in [0.05, 0.1) is 41.6 Å². The Kier molecular flexibility index (Phi) is 5.10. The molecule has 2 aromatic heterocycles. The summed E-state index contributed by atoms with van der Waals surface area (Å²) in [5.41, 5.74) is 3.00. The van der Waals surface area contributed by atoms with Gasteiger partial charge in [0.25, 0.3) is 0 Å². The molecule has 29 heavy (non-hydrogen) atoms. The van der Waals surface area contributed by atoms with E-state index in [0.717, 1.165) is 11.4 Å². The number of carbonyl (C=O) groups excluding carboxylic acids is 1. The zero-order chi connectivity index (χ0) is 20.4. The third-order valence-corrected chi connectivity index (χ3v) is 4.90. The molecule has 2 heterocycles. The molecule has 146 valence electrons. The number of nitrogens with one attached hydrogen (secondary N) is 2. The van der Waals surface area contributed by atoms with E-state index in [1.54, 1.807) is 50.9 Å². The number of anilines is 2. The maximum absolute atomic E-state index is 13.3. The quantitative estimate of drug-likeness (QED) is 0.429. The highest BCUT2D eigenvalue weighted by atomic mass is 35.5. The van der Waals surface area contributed by atoms with E-state index in [9.17, 15) is 4.79 Å². The summed E-state index contributed by atoms with van der Waals surface area (Å²) >= 11 is 6.28. The van der Waals surface area contributed by atoms with Crippen LogP contribution in [-0.4, -0.2) is 30.0 Å². The number of ketones is 1. The van der Waals surface area contributed by atoms with Crippen LogP contribution in [0.15, 0.2) is 60.9 Å². The average molecular weight is 408 g/mol. The summed E-state index contributed by atoms with van der Waals surface area (Å²) in [6.07, 6.45) is 3.32. The first-order valence-corrected chi connectivity index (χ1v) is 9.24. The SMILES string of the molecule is COc1cc(OC)cc(C(=O)c2c[nH]c3nccc(Nc4ccccc4Cl)c23)c1. The fraction of sp³-hybridized carbons (Fsp3) is 0.0909. The average Bonchev–Trinajstić information content (AvgIpc) is 3.19. The summed E-state index contributed by atoms with van der Waals surface area (Å²) in [5, 5.41) is 4.56. The molecule has 0 aliphatic heterocycles. The number of hydrogen-bond acceptors (Lipinski definition) is 5. The summed E-state index contributed by atoms with van der Waals surface area (Å²) in [5.74, 6) is 0.906. The van der Waals surface area contributed by atoms with Crippen molar-refractivity contribution >= 4 is 39.8 Å². The number of fused-ring (bicyclic) bond motifs is 1. The van der Waals surface area contributed by atoms with Gasteiger partial charge in [0.2, 0.25) is 0 Å². The number of pyridine rings is 1. The molecule has 0 amide bonds. The first-order valence-electron chi connectivity index (χ1n) is 8.86. The molecule has 0 atom stereocenters. The Bertz CT molecular complexity index is 1180. The van der Waals surface area contributed by atoms with E-state index in [0.29, 0.717) is 38.7 Å². The van der Waals surface area contributed by atoms with E-state index in [2.05, 4.69) is 15.3 Å². The van der Waals surface area contributed by atoms with Crippen molar-refractivity contribution < 1.29 is 14.3 Å². The third kappa shape index (κ3) is 3.62. The van der Waals surface area contributed by atoms with Crippen molar-refractivity contribution in [1.82, 2.24) is 9.97 Å². The molecular formula is C22H18ClN3O3. The standard InChI is InChI=1S/C22H18ClN3O3/c1-28-14-9-13(10-15(11-14)29-2)21(27)16-12-25-22-20(16)19(7-8-24-22)26-18-6-4-3-5-17(18)23/h3-12H,1-2H3,(H2,24,25,26). The minimum Gasteiger partial charge on any atom is -0.497 e. The lowest BCUT2D eigenvalue weighted by Crippen LogP contribution is -2.03. The highest BCUT2D eigenvalue weighted by Crippen LogP contribution is 2.33. The Balaban J connectivity index is 1.81. The van der Waals surface area contributed by atoms with Crippen molar-refractivity contribution in [3.05, 3.63) is 77.1 Å². The van der Waals surface area contributed by atoms with Crippen molar-refractivity contribution in [3.8, 4) is 11.5 Å². The second-order valence-corrected chi connectivity index (χ2v) is 6.73. The molecule has 6 nitrogen and oxygen atoms in total. The molecule has 4 rings (SSSR count). The van der Waals surface area contributed by atoms with E-state index in [-0.39, 0.29) is 5.78 Å². The molecule has 2 aromatic carbocycles. The number of benzene rings is 2. The summed E-state index contributed by atoms with van der Waals surface area (Å²) in [6.45, 7) is 0. The summed E-state index contributed by atoms with van der Waals surface area (Å²) in [7, 11) is 3.09. The number of rotatable bonds is 6. The van der Waals surface area contributed by atoms with Crippen LogP contribution in [0.5, 0.6) is 11.5 Å². The Hall–Kier alpha value is -3.51. The minimum atomic E-state index is -0.177. The highest BCUT2D eigenvalue weighted by Gasteiger charge is 2.19. The normalized spacial score (nSPS) is 10.7. The van der Waals surface area contributed by atoms with E-state index < -0.39 is 0 Å². The van der Waals surface area contributed by atoms with Gasteiger partial charge >= 0.3 is 0 Å². The van der Waals surface area contributed by atoms with Crippen LogP contribution >= 0.6 is 11.6 Å². The Morgan fingerprint density at radius 1 is 1.03 bits per heavy atom. The fourth-order valence-corrected chi connectivity index (χ4v) is 3.32. The minimum absolute atomic E-state index is 0.177. The van der Waals surface area contributed by atoms with Crippen LogP contribution in [0.3, 0.4) is 0 Å². The van der Waals surface area contributed by atoms with E-state index >= 15 is 0 Å². The van der Waals surface area contributed by atoms with Crippen LogP contribution in [0.25, 0.3) is 11.0 Å². The van der Waals surface area contributed by atoms with E-state index in [1.165, 1.54) is 0 Å². The van der Waals surface area contributed by atoms with Crippen LogP contribution in [0, 0.1) is 0 Å². The van der Waals surface area contributed by atoms with Gasteiger partial charge in [0, 0.05) is 24.0 Å². The number of ether oxygens (including phenoxy) is 2. The predicted molar refractivity (Wildman–Crippen MR) is 114 cm³/mol. The van der Waals surface area contributed by atoms with Gasteiger partial charge in [-0.2, -0.15) is 0 Å². The van der Waals surface area contributed by atoms with Crippen LogP contribution < -0.4 is 14.8 Å². The van der Waals surface area contributed by atoms with Gasteiger partial charge in [-0.3, -0.25) is 4.79 Å². The van der Waals surface area contributed by atoms with E-state index in [1.807, 2.05) is 24.3 Å². The number of aromatic nitrogens is 2. The molecule has 0 radical (unpaired) electrons. The molecular weight excluding hydrogens is 390 g/mol. The molecule has 0 fully saturated rings. The zero-order valence-corrected chi connectivity index (χ0v) is 16.6. The molecule has 0 unspecified atom stereocenters. The Labute approximate surface area is 172 Å². The number of para-hydroxylation sites is 1. The first-order chi connectivity index (χ1) is 14.1. The monoisotopic (exact) mass is 407 g/mol. The molecule has 0 saturated carbocycles. The number of hydrogen-bond donors (Lipinski definition) is 2. The molecule has 2 N–H and O–H groups in total. The maximum Gasteiger partial charge on any atom is 0.195 e. The number of halogens is 1. The lowest BCUT2D eigenvalue weighted by molar-refractivity contribution is 0.103. The van der Waals surface area contributed by atoms with Crippen LogP contribution in [-0.2, 0) is 0 Å². The highest BCUT2D eigenvalue weighted by molar-refractivity contribution is 6.33. The lowest BCUT2D eigenvalue weighted by Gasteiger charge is -2.11. The number of aromatic amines is 1. The summed E-state index contributed by atoms with van der Waals surface area (Å²) in [6, 6.07) is 14.3. The van der Waals surface area contributed by atoms with E-state index in [4.69, 9.17) is 21.1 Å². The molecule has 0 aliphatic carbocycles. The number of nitrogens with zero attached hydrogens (tertiary/aromatic N) is 1. The van der Waals surface area contributed by atoms with Crippen LogP contribution in [0.4, 0.5) is 11.4 Å². The lowest BCUT2D eigenvalue weighted by atomic mass is 10.0. The van der Waals surface area contributed by atoms with Crippen LogP contribution in [0.1, 0.15) is 15.9 Å². The molecule has 0 saturated heterocycles. The number of carbonyl (C=O) groups is 1. The van der Waals surface area contributed by atoms with Gasteiger partial charge in [0.1, 0.15) is 17.1 Å². The van der Waals surface area contributed by atoms with Gasteiger partial charge in [-0.15, -0.1) is 0 Å². The predicted octanol–water partition coefficient (Wildman–Crippen LogP) is 5.21. The second-order valence-electron chi connectivity index (χ2n) is 6.32. The molecule has 7 heteroatoms. The Morgan fingerprint density at radius 3 is 2.45 bits per heavy atom. The van der Waals surface area contributed by atoms with Gasteiger partial charge < -0.3 is 19.8 Å². The fourth-order valence-electron chi connectivity index (χ4n) is 3.14. The van der Waals surface area contributed by atoms with Gasteiger partial charge in [-0.05, 0) is 30.3 Å². The summed E-state index contributed by atoms with van der Waals surface area (Å²) < 4.78 is 10.6. The molecule has 0 spiro atoms. The van der Waals surface area contributed by atoms with Crippen molar-refractivity contribution in [3.63, 3.8) is 0 Å². The van der Waals surface area contributed by atoms with Gasteiger partial charge in [-0.25, -0.2) is 4.98 Å². The Morgan fingerprint density at radius 2 is 1.76 bits per heavy atom. The van der Waals surface area contributed by atoms with Crippen molar-refractivity contribution in [1.29, 1.82) is 0 Å². The largest absolute Gasteiger partial charge is 0.497 e. The smallest absolute Gasteiger partial charge is 0.195 e. The van der Waals surface area contributed by atoms with Gasteiger partial charge in [0.15, 0.2) is 5.78 Å². The van der Waals surface area contributed by atoms with Crippen molar-refractivity contribution in [2.75, 3.05) is 19.5 Å². The number of H-pyrrole nitrogens is 1. The maximum atomic E-state index is 13.3. The second kappa shape index (κ2) is 7.85. The molecule has 0 aliphatic rings. The third-order valence-electron chi connectivity index (χ3n) is 4.57. The topological polar surface area (TPSA) is 76.2 Å². The van der Waals surface area contributed by atoms with Crippen molar-refractivity contribution in [2.24, 2.45) is 0 Å².